The number of halogens is 2. The third kappa shape index (κ3) is 3.60. The van der Waals surface area contributed by atoms with E-state index in [2.05, 4.69) is 30.6 Å². The average Bonchev–Trinajstić information content (AvgIpc) is 2.89. The van der Waals surface area contributed by atoms with Crippen molar-refractivity contribution in [2.75, 3.05) is 43.5 Å². The maximum absolute atomic E-state index is 7.60. The van der Waals surface area contributed by atoms with Gasteiger partial charge < -0.3 is 15.4 Å². The van der Waals surface area contributed by atoms with E-state index in [4.69, 9.17) is 33.3 Å². The highest BCUT2D eigenvalue weighted by atomic mass is 35.5. The van der Waals surface area contributed by atoms with Crippen LogP contribution in [0, 0.1) is 5.41 Å². The van der Waals surface area contributed by atoms with Gasteiger partial charge in [-0.3, -0.25) is 10.3 Å². The van der Waals surface area contributed by atoms with E-state index in [9.17, 15) is 0 Å². The summed E-state index contributed by atoms with van der Waals surface area (Å²) in [5, 5.41) is 18.6. The Morgan fingerprint density at radius 3 is 2.74 bits per heavy atom. The van der Waals surface area contributed by atoms with Crippen LogP contribution < -0.4 is 10.6 Å². The maximum Gasteiger partial charge on any atom is 0.229 e. The zero-order valence-electron chi connectivity index (χ0n) is 14.7. The van der Waals surface area contributed by atoms with Gasteiger partial charge in [-0.05, 0) is 6.92 Å². The van der Waals surface area contributed by atoms with Gasteiger partial charge in [0, 0.05) is 25.8 Å². The summed E-state index contributed by atoms with van der Waals surface area (Å²) in [6.07, 6.45) is 3.18. The van der Waals surface area contributed by atoms with Crippen molar-refractivity contribution >= 4 is 45.8 Å². The van der Waals surface area contributed by atoms with Crippen molar-refractivity contribution in [2.24, 2.45) is 0 Å². The normalized spacial score (nSPS) is 18.0. The molecule has 4 rings (SSSR count). The van der Waals surface area contributed by atoms with E-state index in [0.717, 1.165) is 26.3 Å². The van der Waals surface area contributed by atoms with Gasteiger partial charge in [0.05, 0.1) is 42.7 Å². The summed E-state index contributed by atoms with van der Waals surface area (Å²) in [5.74, 6) is 0.854. The summed E-state index contributed by atoms with van der Waals surface area (Å²) >= 11 is 12.3. The fourth-order valence-electron chi connectivity index (χ4n) is 3.09. The van der Waals surface area contributed by atoms with Crippen LogP contribution in [0.15, 0.2) is 12.4 Å². The van der Waals surface area contributed by atoms with Crippen LogP contribution in [0.5, 0.6) is 0 Å². The molecular weight excluding hydrogens is 391 g/mol. The Balaban J connectivity index is 1.46. The minimum absolute atomic E-state index is 0.116. The van der Waals surface area contributed by atoms with Gasteiger partial charge in [-0.1, -0.05) is 23.2 Å². The van der Waals surface area contributed by atoms with Crippen LogP contribution in [-0.2, 0) is 4.74 Å². The minimum atomic E-state index is -0.116. The van der Waals surface area contributed by atoms with E-state index in [0.29, 0.717) is 40.8 Å². The van der Waals surface area contributed by atoms with Gasteiger partial charge in [-0.2, -0.15) is 10.1 Å². The first-order valence-corrected chi connectivity index (χ1v) is 9.49. The van der Waals surface area contributed by atoms with Crippen molar-refractivity contribution in [3.05, 3.63) is 23.1 Å². The van der Waals surface area contributed by atoms with Gasteiger partial charge in [0.15, 0.2) is 5.15 Å². The predicted octanol–water partition coefficient (Wildman–Crippen LogP) is 2.32. The number of nitrogens with one attached hydrogen (secondary N) is 3. The highest BCUT2D eigenvalue weighted by molar-refractivity contribution is 6.69. The van der Waals surface area contributed by atoms with Crippen molar-refractivity contribution < 1.29 is 4.74 Å². The van der Waals surface area contributed by atoms with Crippen LogP contribution in [0.3, 0.4) is 0 Å². The highest BCUT2D eigenvalue weighted by Crippen LogP contribution is 2.32. The average molecular weight is 411 g/mol. The third-order valence-electron chi connectivity index (χ3n) is 4.72. The second-order valence-corrected chi connectivity index (χ2v) is 7.25. The minimum Gasteiger partial charge on any atom is -0.378 e. The van der Waals surface area contributed by atoms with Gasteiger partial charge in [-0.15, -0.1) is 0 Å². The van der Waals surface area contributed by atoms with E-state index in [1.807, 2.05) is 11.6 Å². The van der Waals surface area contributed by atoms with E-state index in [1.165, 1.54) is 6.20 Å². The molecule has 0 bridgehead atoms. The Labute approximate surface area is 166 Å². The second kappa shape index (κ2) is 7.59. The van der Waals surface area contributed by atoms with Gasteiger partial charge >= 0.3 is 0 Å². The molecule has 0 amide bonds. The Bertz CT molecular complexity index is 847. The number of hydrogen-bond acceptors (Lipinski definition) is 8. The predicted molar refractivity (Wildman–Crippen MR) is 105 cm³/mol. The topological polar surface area (TPSA) is 104 Å². The van der Waals surface area contributed by atoms with Crippen molar-refractivity contribution in [3.63, 3.8) is 0 Å². The van der Waals surface area contributed by atoms with Crippen molar-refractivity contribution in [2.45, 2.75) is 19.0 Å². The highest BCUT2D eigenvalue weighted by Gasteiger charge is 2.38. The number of anilines is 3. The molecule has 2 aromatic heterocycles. The maximum atomic E-state index is 7.60. The third-order valence-corrected chi connectivity index (χ3v) is 5.30. The summed E-state index contributed by atoms with van der Waals surface area (Å²) in [6, 6.07) is 0.788. The molecule has 3 N–H and O–H groups in total. The number of nitrogens with zero attached hydrogens (tertiary/aromatic N) is 5. The standard InChI is InChI=1S/C16H20Cl2N8O/c1-2-20-15-11(13(17)19)3-21-16(24-15)23-12-4-22-26(14(12)18)9-5-25(6-9)10-7-27-8-10/h3-4,9-10,19H,2,5-8H2,1H3,(H2,20,21,23,24). The fourth-order valence-corrected chi connectivity index (χ4v) is 3.50. The van der Waals surface area contributed by atoms with E-state index in [1.54, 1.807) is 6.20 Å². The van der Waals surface area contributed by atoms with E-state index < -0.39 is 0 Å². The lowest BCUT2D eigenvalue weighted by atomic mass is 10.0. The van der Waals surface area contributed by atoms with Crippen molar-refractivity contribution in [1.29, 1.82) is 5.41 Å². The smallest absolute Gasteiger partial charge is 0.229 e. The Hall–Kier alpha value is -1.94. The molecule has 4 heterocycles. The van der Waals surface area contributed by atoms with Gasteiger partial charge in [-0.25, -0.2) is 9.67 Å². The molecule has 2 aliphatic rings. The van der Waals surface area contributed by atoms with E-state index in [-0.39, 0.29) is 11.2 Å². The van der Waals surface area contributed by atoms with Crippen LogP contribution in [0.4, 0.5) is 17.5 Å². The first kappa shape index (κ1) is 18.4. The molecule has 0 aromatic carbocycles. The molecule has 0 radical (unpaired) electrons. The summed E-state index contributed by atoms with van der Waals surface area (Å²) in [6.45, 7) is 6.05. The lowest BCUT2D eigenvalue weighted by Gasteiger charge is -2.47. The lowest BCUT2D eigenvalue weighted by molar-refractivity contribution is -0.0996. The summed E-state index contributed by atoms with van der Waals surface area (Å²) < 4.78 is 7.06. The molecule has 9 nitrogen and oxygen atoms in total. The molecule has 2 saturated heterocycles. The number of hydrogen-bond donors (Lipinski definition) is 3. The first-order chi connectivity index (χ1) is 13.1. The first-order valence-electron chi connectivity index (χ1n) is 8.74. The summed E-state index contributed by atoms with van der Waals surface area (Å²) in [4.78, 5) is 11.0. The van der Waals surface area contributed by atoms with Crippen LogP contribution in [0.1, 0.15) is 18.5 Å². The van der Waals surface area contributed by atoms with Gasteiger partial charge in [0.2, 0.25) is 5.95 Å². The van der Waals surface area contributed by atoms with Crippen LogP contribution in [0.25, 0.3) is 0 Å². The fraction of sp³-hybridized carbons (Fsp3) is 0.500. The summed E-state index contributed by atoms with van der Waals surface area (Å²) in [5.41, 5.74) is 1.08. The molecule has 0 aliphatic carbocycles. The van der Waals surface area contributed by atoms with Crippen LogP contribution in [0.2, 0.25) is 5.15 Å². The largest absolute Gasteiger partial charge is 0.378 e. The molecule has 2 fully saturated rings. The zero-order valence-corrected chi connectivity index (χ0v) is 16.3. The number of aromatic nitrogens is 4. The monoisotopic (exact) mass is 410 g/mol. The van der Waals surface area contributed by atoms with Gasteiger partial charge in [0.25, 0.3) is 0 Å². The Kier molecular flexibility index (Phi) is 5.18. The lowest BCUT2D eigenvalue weighted by Crippen LogP contribution is -2.59. The van der Waals surface area contributed by atoms with Crippen molar-refractivity contribution in [1.82, 2.24) is 24.6 Å². The number of rotatable bonds is 7. The molecule has 144 valence electrons. The van der Waals surface area contributed by atoms with Crippen LogP contribution in [-0.4, -0.2) is 68.7 Å². The second-order valence-electron chi connectivity index (χ2n) is 6.52. The summed E-state index contributed by atoms with van der Waals surface area (Å²) in [7, 11) is 0. The van der Waals surface area contributed by atoms with E-state index >= 15 is 0 Å². The molecular formula is C16H20Cl2N8O. The molecule has 0 atom stereocenters. The molecule has 2 aromatic rings. The van der Waals surface area contributed by atoms with Crippen LogP contribution >= 0.6 is 23.2 Å². The Morgan fingerprint density at radius 1 is 1.33 bits per heavy atom. The molecule has 27 heavy (non-hydrogen) atoms. The molecule has 11 heteroatoms. The van der Waals surface area contributed by atoms with Gasteiger partial charge in [0.1, 0.15) is 11.0 Å². The quantitative estimate of drug-likeness (QED) is 0.601. The zero-order chi connectivity index (χ0) is 19.0. The molecule has 0 unspecified atom stereocenters. The molecule has 0 saturated carbocycles. The number of ether oxygens (including phenoxy) is 1. The molecule has 2 aliphatic heterocycles. The number of likely N-dealkylation sites (tertiary alicyclic amines) is 1. The van der Waals surface area contributed by atoms with Crippen molar-refractivity contribution in [3.8, 4) is 0 Å². The molecule has 0 spiro atoms. The Morgan fingerprint density at radius 2 is 2.11 bits per heavy atom. The SMILES string of the molecule is CCNc1nc(Nc2cnn(C3CN(C4COC4)C3)c2Cl)ncc1C(=N)Cl.